The summed E-state index contributed by atoms with van der Waals surface area (Å²) < 4.78 is 43.3. The number of amides is 1. The predicted molar refractivity (Wildman–Crippen MR) is 74.3 cm³/mol. The fraction of sp³-hybridized carbons (Fsp3) is 0.267. The quantitative estimate of drug-likeness (QED) is 0.891. The maximum atomic E-state index is 12.8. The Bertz CT molecular complexity index is 624. The number of H-pyrrole nitrogens is 1. The molecule has 2 aromatic rings. The van der Waals surface area contributed by atoms with Gasteiger partial charge in [0.1, 0.15) is 5.69 Å². The Morgan fingerprint density at radius 1 is 1.32 bits per heavy atom. The molecule has 0 radical (unpaired) electrons. The zero-order valence-electron chi connectivity index (χ0n) is 11.8. The molecule has 22 heavy (non-hydrogen) atoms. The Kier molecular flexibility index (Phi) is 4.87. The van der Waals surface area contributed by atoms with Gasteiger partial charge in [0.25, 0.3) is 5.91 Å². The molecule has 0 fully saturated rings. The molecule has 118 valence electrons. The van der Waals surface area contributed by atoms with Crippen molar-refractivity contribution in [3.8, 4) is 0 Å². The van der Waals surface area contributed by atoms with E-state index in [2.05, 4.69) is 10.3 Å². The van der Waals surface area contributed by atoms with Gasteiger partial charge in [-0.05, 0) is 29.8 Å². The van der Waals surface area contributed by atoms with Gasteiger partial charge < -0.3 is 15.0 Å². The van der Waals surface area contributed by atoms with Gasteiger partial charge in [-0.2, -0.15) is 13.2 Å². The Morgan fingerprint density at radius 2 is 2.09 bits per heavy atom. The van der Waals surface area contributed by atoms with Crippen molar-refractivity contribution in [2.24, 2.45) is 0 Å². The van der Waals surface area contributed by atoms with Crippen LogP contribution in [0.25, 0.3) is 0 Å². The number of halogens is 3. The van der Waals surface area contributed by atoms with Crippen LogP contribution in [0.4, 0.5) is 13.2 Å². The minimum Gasteiger partial charge on any atom is -0.382 e. The highest BCUT2D eigenvalue weighted by atomic mass is 19.4. The summed E-state index contributed by atoms with van der Waals surface area (Å²) in [6, 6.07) is 7.38. The van der Waals surface area contributed by atoms with Crippen LogP contribution in [-0.2, 0) is 10.9 Å². The highest BCUT2D eigenvalue weighted by molar-refractivity contribution is 5.92. The minimum absolute atomic E-state index is 0.0633. The summed E-state index contributed by atoms with van der Waals surface area (Å²) in [7, 11) is 1.42. The summed E-state index contributed by atoms with van der Waals surface area (Å²) in [4.78, 5) is 14.8. The number of hydrogen-bond acceptors (Lipinski definition) is 2. The van der Waals surface area contributed by atoms with E-state index in [-0.39, 0.29) is 6.61 Å². The molecule has 2 rings (SSSR count). The summed E-state index contributed by atoms with van der Waals surface area (Å²) in [5.41, 5.74) is -0.107. The van der Waals surface area contributed by atoms with Crippen LogP contribution in [0, 0.1) is 0 Å². The number of ether oxygens (including phenoxy) is 1. The lowest BCUT2D eigenvalue weighted by Crippen LogP contribution is -2.31. The molecule has 0 spiro atoms. The van der Waals surface area contributed by atoms with Crippen molar-refractivity contribution >= 4 is 5.91 Å². The first-order chi connectivity index (χ1) is 10.4. The SMILES string of the molecule is COCC(NC(=O)c1ccc[nH]1)c1cccc(C(F)(F)F)c1. The second-order valence-corrected chi connectivity index (χ2v) is 4.69. The van der Waals surface area contributed by atoms with E-state index in [0.29, 0.717) is 11.3 Å². The van der Waals surface area contributed by atoms with Gasteiger partial charge in [0.05, 0.1) is 18.2 Å². The van der Waals surface area contributed by atoms with Crippen molar-refractivity contribution in [2.45, 2.75) is 12.2 Å². The summed E-state index contributed by atoms with van der Waals surface area (Å²) in [5, 5.41) is 2.65. The molecule has 0 saturated heterocycles. The molecular weight excluding hydrogens is 297 g/mol. The molecule has 1 aromatic carbocycles. The van der Waals surface area contributed by atoms with Gasteiger partial charge in [0.2, 0.25) is 0 Å². The van der Waals surface area contributed by atoms with Crippen molar-refractivity contribution in [1.82, 2.24) is 10.3 Å². The number of alkyl halides is 3. The average Bonchev–Trinajstić information content (AvgIpc) is 3.00. The van der Waals surface area contributed by atoms with Crippen LogP contribution < -0.4 is 5.32 Å². The molecule has 0 bridgehead atoms. The van der Waals surface area contributed by atoms with Gasteiger partial charge in [0.15, 0.2) is 0 Å². The normalized spacial score (nSPS) is 12.9. The molecule has 7 heteroatoms. The predicted octanol–water partition coefficient (Wildman–Crippen LogP) is 3.15. The first kappa shape index (κ1) is 16.1. The van der Waals surface area contributed by atoms with E-state index >= 15 is 0 Å². The van der Waals surface area contributed by atoms with Gasteiger partial charge in [-0.1, -0.05) is 12.1 Å². The molecule has 1 atom stereocenters. The summed E-state index contributed by atoms with van der Waals surface area (Å²) in [6.45, 7) is 0.0633. The molecule has 1 heterocycles. The van der Waals surface area contributed by atoms with E-state index in [9.17, 15) is 18.0 Å². The number of carbonyl (C=O) groups excluding carboxylic acids is 1. The monoisotopic (exact) mass is 312 g/mol. The van der Waals surface area contributed by atoms with Crippen LogP contribution >= 0.6 is 0 Å². The van der Waals surface area contributed by atoms with Gasteiger partial charge in [-0.3, -0.25) is 4.79 Å². The highest BCUT2D eigenvalue weighted by Gasteiger charge is 2.31. The number of methoxy groups -OCH3 is 1. The first-order valence-corrected chi connectivity index (χ1v) is 6.52. The van der Waals surface area contributed by atoms with E-state index in [0.717, 1.165) is 12.1 Å². The second kappa shape index (κ2) is 6.65. The third-order valence-electron chi connectivity index (χ3n) is 3.10. The standard InChI is InChI=1S/C15H15F3N2O2/c1-22-9-13(20-14(21)12-6-3-7-19-12)10-4-2-5-11(8-10)15(16,17)18/h2-8,13,19H,9H2,1H3,(H,20,21). The highest BCUT2D eigenvalue weighted by Crippen LogP contribution is 2.30. The van der Waals surface area contributed by atoms with Gasteiger partial charge in [-0.15, -0.1) is 0 Å². The van der Waals surface area contributed by atoms with E-state index in [1.807, 2.05) is 0 Å². The van der Waals surface area contributed by atoms with Crippen molar-refractivity contribution in [3.05, 3.63) is 59.4 Å². The van der Waals surface area contributed by atoms with E-state index < -0.39 is 23.7 Å². The fourth-order valence-corrected chi connectivity index (χ4v) is 2.03. The van der Waals surface area contributed by atoms with E-state index in [1.165, 1.54) is 19.2 Å². The number of aromatic amines is 1. The van der Waals surface area contributed by atoms with Gasteiger partial charge in [-0.25, -0.2) is 0 Å². The van der Waals surface area contributed by atoms with Crippen LogP contribution in [0.3, 0.4) is 0 Å². The molecule has 4 nitrogen and oxygen atoms in total. The molecule has 0 saturated carbocycles. The first-order valence-electron chi connectivity index (χ1n) is 6.52. The lowest BCUT2D eigenvalue weighted by atomic mass is 10.0. The largest absolute Gasteiger partial charge is 0.416 e. The Hall–Kier alpha value is -2.28. The topological polar surface area (TPSA) is 54.1 Å². The Morgan fingerprint density at radius 3 is 2.68 bits per heavy atom. The van der Waals surface area contributed by atoms with Crippen LogP contribution in [0.1, 0.15) is 27.7 Å². The van der Waals surface area contributed by atoms with Crippen molar-refractivity contribution < 1.29 is 22.7 Å². The zero-order chi connectivity index (χ0) is 16.2. The van der Waals surface area contributed by atoms with Crippen LogP contribution in [-0.4, -0.2) is 24.6 Å². The second-order valence-electron chi connectivity index (χ2n) is 4.69. The van der Waals surface area contributed by atoms with Gasteiger partial charge >= 0.3 is 6.18 Å². The molecule has 0 aliphatic heterocycles. The zero-order valence-corrected chi connectivity index (χ0v) is 11.8. The lowest BCUT2D eigenvalue weighted by Gasteiger charge is -2.19. The maximum Gasteiger partial charge on any atom is 0.416 e. The Balaban J connectivity index is 2.22. The molecule has 0 aliphatic rings. The Labute approximate surface area is 125 Å². The summed E-state index contributed by atoms with van der Waals surface area (Å²) in [5.74, 6) is -0.413. The van der Waals surface area contributed by atoms with Crippen molar-refractivity contribution in [3.63, 3.8) is 0 Å². The van der Waals surface area contributed by atoms with E-state index in [1.54, 1.807) is 18.3 Å². The number of aromatic nitrogens is 1. The van der Waals surface area contributed by atoms with Crippen LogP contribution in [0.15, 0.2) is 42.6 Å². The molecule has 2 N–H and O–H groups in total. The average molecular weight is 312 g/mol. The van der Waals surface area contributed by atoms with Crippen LogP contribution in [0.5, 0.6) is 0 Å². The third kappa shape index (κ3) is 3.88. The lowest BCUT2D eigenvalue weighted by molar-refractivity contribution is -0.137. The van der Waals surface area contributed by atoms with Crippen molar-refractivity contribution in [1.29, 1.82) is 0 Å². The number of nitrogens with one attached hydrogen (secondary N) is 2. The molecule has 1 amide bonds. The number of rotatable bonds is 5. The van der Waals surface area contributed by atoms with Crippen molar-refractivity contribution in [2.75, 3.05) is 13.7 Å². The number of hydrogen-bond donors (Lipinski definition) is 2. The molecular formula is C15H15F3N2O2. The van der Waals surface area contributed by atoms with Gasteiger partial charge in [0, 0.05) is 13.3 Å². The number of carbonyl (C=O) groups is 1. The number of benzene rings is 1. The smallest absolute Gasteiger partial charge is 0.382 e. The molecule has 1 unspecified atom stereocenters. The van der Waals surface area contributed by atoms with E-state index in [4.69, 9.17) is 4.74 Å². The maximum absolute atomic E-state index is 12.8. The molecule has 1 aromatic heterocycles. The summed E-state index contributed by atoms with van der Waals surface area (Å²) in [6.07, 6.45) is -2.85. The van der Waals surface area contributed by atoms with Crippen LogP contribution in [0.2, 0.25) is 0 Å². The fourth-order valence-electron chi connectivity index (χ4n) is 2.03. The minimum atomic E-state index is -4.43. The third-order valence-corrected chi connectivity index (χ3v) is 3.10. The summed E-state index contributed by atoms with van der Waals surface area (Å²) >= 11 is 0. The molecule has 0 aliphatic carbocycles.